The quantitative estimate of drug-likeness (QED) is 0.397. The zero-order valence-electron chi connectivity index (χ0n) is 5.95. The van der Waals surface area contributed by atoms with Gasteiger partial charge in [-0.15, -0.1) is 0 Å². The summed E-state index contributed by atoms with van der Waals surface area (Å²) in [5.74, 6) is 0. The predicted octanol–water partition coefficient (Wildman–Crippen LogP) is 1.76. The van der Waals surface area contributed by atoms with E-state index in [9.17, 15) is 0 Å². The van der Waals surface area contributed by atoms with Crippen LogP contribution < -0.4 is 0 Å². The lowest BCUT2D eigenvalue weighted by Gasteiger charge is -1.95. The second-order valence-electron chi connectivity index (χ2n) is 2.06. The van der Waals surface area contributed by atoms with Crippen LogP contribution in [0.2, 0.25) is 0 Å². The SMILES string of the molecule is Cc1cccc(/C(Cl)=N/O)n1. The number of oxime groups is 1. The molecule has 0 atom stereocenters. The minimum absolute atomic E-state index is 0.00806. The van der Waals surface area contributed by atoms with E-state index in [1.54, 1.807) is 12.1 Å². The minimum Gasteiger partial charge on any atom is -0.410 e. The van der Waals surface area contributed by atoms with Gasteiger partial charge in [-0.2, -0.15) is 0 Å². The summed E-state index contributed by atoms with van der Waals surface area (Å²) in [7, 11) is 0. The summed E-state index contributed by atoms with van der Waals surface area (Å²) in [6, 6.07) is 5.31. The molecule has 11 heavy (non-hydrogen) atoms. The second kappa shape index (κ2) is 3.34. The number of halogens is 1. The molecule has 0 saturated heterocycles. The van der Waals surface area contributed by atoms with Gasteiger partial charge in [-0.3, -0.25) is 4.98 Å². The monoisotopic (exact) mass is 170 g/mol. The van der Waals surface area contributed by atoms with E-state index in [2.05, 4.69) is 10.1 Å². The topological polar surface area (TPSA) is 45.5 Å². The van der Waals surface area contributed by atoms with Gasteiger partial charge in [0.05, 0.1) is 0 Å². The summed E-state index contributed by atoms with van der Waals surface area (Å²) < 4.78 is 0. The van der Waals surface area contributed by atoms with Crippen LogP contribution >= 0.6 is 11.6 Å². The number of pyridine rings is 1. The van der Waals surface area contributed by atoms with Crippen molar-refractivity contribution in [1.82, 2.24) is 4.98 Å². The third-order valence-corrected chi connectivity index (χ3v) is 1.46. The molecule has 0 aliphatic rings. The maximum absolute atomic E-state index is 8.30. The average molecular weight is 171 g/mol. The van der Waals surface area contributed by atoms with Crippen LogP contribution in [0.1, 0.15) is 11.4 Å². The first kappa shape index (κ1) is 8.01. The van der Waals surface area contributed by atoms with Gasteiger partial charge in [0, 0.05) is 5.69 Å². The maximum atomic E-state index is 8.30. The molecule has 0 aliphatic heterocycles. The summed E-state index contributed by atoms with van der Waals surface area (Å²) in [6.07, 6.45) is 0. The molecule has 1 rings (SSSR count). The Bertz CT molecular complexity index is 286. The fourth-order valence-electron chi connectivity index (χ4n) is 0.709. The van der Waals surface area contributed by atoms with Gasteiger partial charge in [0.2, 0.25) is 0 Å². The number of nitrogens with zero attached hydrogens (tertiary/aromatic N) is 2. The van der Waals surface area contributed by atoms with E-state index in [0.29, 0.717) is 5.69 Å². The van der Waals surface area contributed by atoms with Gasteiger partial charge < -0.3 is 5.21 Å². The summed E-state index contributed by atoms with van der Waals surface area (Å²) in [4.78, 5) is 4.02. The van der Waals surface area contributed by atoms with Crippen LogP contribution in [0.3, 0.4) is 0 Å². The van der Waals surface area contributed by atoms with Gasteiger partial charge in [-0.1, -0.05) is 22.8 Å². The summed E-state index contributed by atoms with van der Waals surface area (Å²) in [5, 5.41) is 11.1. The molecule has 1 heterocycles. The van der Waals surface area contributed by atoms with E-state index < -0.39 is 0 Å². The molecule has 4 heteroatoms. The van der Waals surface area contributed by atoms with Crippen LogP contribution in [0, 0.1) is 6.92 Å². The number of aryl methyl sites for hydroxylation is 1. The standard InChI is InChI=1S/C7H7ClN2O/c1-5-3-2-4-6(9-5)7(8)10-11/h2-4,11H,1H3/b10-7-. The largest absolute Gasteiger partial charge is 0.410 e. The van der Waals surface area contributed by atoms with Crippen LogP contribution in [-0.4, -0.2) is 15.4 Å². The molecule has 0 bridgehead atoms. The van der Waals surface area contributed by atoms with Crippen LogP contribution in [0.15, 0.2) is 23.4 Å². The Labute approximate surface area is 69.3 Å². The van der Waals surface area contributed by atoms with Gasteiger partial charge in [0.1, 0.15) is 5.69 Å². The first-order chi connectivity index (χ1) is 5.24. The van der Waals surface area contributed by atoms with Crippen molar-refractivity contribution in [2.75, 3.05) is 0 Å². The highest BCUT2D eigenvalue weighted by Crippen LogP contribution is 2.02. The van der Waals surface area contributed by atoms with Crippen molar-refractivity contribution in [3.05, 3.63) is 29.6 Å². The molecule has 0 unspecified atom stereocenters. The molecule has 1 N–H and O–H groups in total. The first-order valence-electron chi connectivity index (χ1n) is 3.05. The zero-order valence-corrected chi connectivity index (χ0v) is 6.71. The predicted molar refractivity (Wildman–Crippen MR) is 43.2 cm³/mol. The van der Waals surface area contributed by atoms with E-state index in [1.165, 1.54) is 0 Å². The van der Waals surface area contributed by atoms with E-state index in [4.69, 9.17) is 16.8 Å². The summed E-state index contributed by atoms with van der Waals surface area (Å²) >= 11 is 5.50. The highest BCUT2D eigenvalue weighted by molar-refractivity contribution is 6.69. The highest BCUT2D eigenvalue weighted by atomic mass is 35.5. The Hall–Kier alpha value is -1.09. The molecule has 1 aromatic rings. The fraction of sp³-hybridized carbons (Fsp3) is 0.143. The van der Waals surface area contributed by atoms with Crippen molar-refractivity contribution in [1.29, 1.82) is 0 Å². The van der Waals surface area contributed by atoms with Gasteiger partial charge in [0.25, 0.3) is 0 Å². The normalized spacial score (nSPS) is 11.6. The molecule has 0 aromatic carbocycles. The van der Waals surface area contributed by atoms with Gasteiger partial charge in [0.15, 0.2) is 5.17 Å². The third-order valence-electron chi connectivity index (χ3n) is 1.19. The van der Waals surface area contributed by atoms with Crippen molar-refractivity contribution < 1.29 is 5.21 Å². The number of hydrogen-bond donors (Lipinski definition) is 1. The smallest absolute Gasteiger partial charge is 0.193 e. The molecule has 0 fully saturated rings. The van der Waals surface area contributed by atoms with Crippen molar-refractivity contribution >= 4 is 16.8 Å². The van der Waals surface area contributed by atoms with E-state index in [1.807, 2.05) is 13.0 Å². The molecule has 58 valence electrons. The van der Waals surface area contributed by atoms with Crippen LogP contribution in [0.25, 0.3) is 0 Å². The van der Waals surface area contributed by atoms with E-state index in [0.717, 1.165) is 5.69 Å². The average Bonchev–Trinajstić information content (AvgIpc) is 2.03. The van der Waals surface area contributed by atoms with Crippen molar-refractivity contribution in [3.8, 4) is 0 Å². The lowest BCUT2D eigenvalue weighted by molar-refractivity contribution is 0.320. The molecule has 0 spiro atoms. The van der Waals surface area contributed by atoms with Crippen molar-refractivity contribution in [3.63, 3.8) is 0 Å². The Balaban J connectivity index is 3.06. The molecule has 3 nitrogen and oxygen atoms in total. The Morgan fingerprint density at radius 3 is 2.91 bits per heavy atom. The van der Waals surface area contributed by atoms with Crippen LogP contribution in [0.4, 0.5) is 0 Å². The van der Waals surface area contributed by atoms with Crippen molar-refractivity contribution in [2.45, 2.75) is 6.92 Å². The first-order valence-corrected chi connectivity index (χ1v) is 3.43. The van der Waals surface area contributed by atoms with E-state index >= 15 is 0 Å². The zero-order chi connectivity index (χ0) is 8.27. The third kappa shape index (κ3) is 1.91. The molecule has 0 aliphatic carbocycles. The summed E-state index contributed by atoms with van der Waals surface area (Å²) in [6.45, 7) is 1.84. The second-order valence-corrected chi connectivity index (χ2v) is 2.41. The lowest BCUT2D eigenvalue weighted by atomic mass is 10.3. The van der Waals surface area contributed by atoms with Crippen LogP contribution in [-0.2, 0) is 0 Å². The maximum Gasteiger partial charge on any atom is 0.193 e. The number of aromatic nitrogens is 1. The van der Waals surface area contributed by atoms with Crippen LogP contribution in [0.5, 0.6) is 0 Å². The molecular formula is C7H7ClN2O. The molecular weight excluding hydrogens is 164 g/mol. The minimum atomic E-state index is 0.00806. The van der Waals surface area contributed by atoms with Gasteiger partial charge in [-0.25, -0.2) is 0 Å². The molecule has 0 amide bonds. The van der Waals surface area contributed by atoms with E-state index in [-0.39, 0.29) is 5.17 Å². The Morgan fingerprint density at radius 1 is 1.64 bits per heavy atom. The molecule has 0 saturated carbocycles. The Morgan fingerprint density at radius 2 is 2.36 bits per heavy atom. The lowest BCUT2D eigenvalue weighted by Crippen LogP contribution is -1.96. The number of rotatable bonds is 1. The summed E-state index contributed by atoms with van der Waals surface area (Å²) in [5.41, 5.74) is 1.32. The molecule has 1 aromatic heterocycles. The Kier molecular flexibility index (Phi) is 2.44. The highest BCUT2D eigenvalue weighted by Gasteiger charge is 2.00. The fourth-order valence-corrected chi connectivity index (χ4v) is 0.814. The van der Waals surface area contributed by atoms with Gasteiger partial charge >= 0.3 is 0 Å². The molecule has 0 radical (unpaired) electrons. The van der Waals surface area contributed by atoms with Gasteiger partial charge in [-0.05, 0) is 19.1 Å². The van der Waals surface area contributed by atoms with Crippen molar-refractivity contribution in [2.24, 2.45) is 5.16 Å². The number of hydrogen-bond acceptors (Lipinski definition) is 3.